The number of rotatable bonds is 5. The van der Waals surface area contributed by atoms with E-state index in [1.54, 1.807) is 13.0 Å². The number of carbonyl (C=O) groups excluding carboxylic acids is 1. The molecule has 0 saturated carbocycles. The smallest absolute Gasteiger partial charge is 0.335 e. The molecule has 0 unspecified atom stereocenters. The highest BCUT2D eigenvalue weighted by molar-refractivity contribution is 6.50. The van der Waals surface area contributed by atoms with E-state index in [1.165, 1.54) is 0 Å². The number of benzene rings is 1. The minimum absolute atomic E-state index is 0.332. The summed E-state index contributed by atoms with van der Waals surface area (Å²) in [5.41, 5.74) is 1.24. The molecule has 17 heavy (non-hydrogen) atoms. The molecule has 0 aliphatic heterocycles. The summed E-state index contributed by atoms with van der Waals surface area (Å²) in [5, 5.41) is 0.420. The Labute approximate surface area is 107 Å². The lowest BCUT2D eigenvalue weighted by atomic mass is 10.1. The third kappa shape index (κ3) is 3.75. The SMILES string of the molecule is C=CC/C(C(=O)OCC)=C(/Cl)c1ccccc1. The van der Waals surface area contributed by atoms with Crippen molar-refractivity contribution in [1.82, 2.24) is 0 Å². The number of esters is 1. The average molecular weight is 251 g/mol. The monoisotopic (exact) mass is 250 g/mol. The van der Waals surface area contributed by atoms with Gasteiger partial charge in [0, 0.05) is 0 Å². The van der Waals surface area contributed by atoms with Crippen molar-refractivity contribution in [3.05, 3.63) is 54.1 Å². The average Bonchev–Trinajstić information content (AvgIpc) is 2.36. The van der Waals surface area contributed by atoms with E-state index in [9.17, 15) is 4.79 Å². The van der Waals surface area contributed by atoms with Gasteiger partial charge in [-0.05, 0) is 18.9 Å². The van der Waals surface area contributed by atoms with Gasteiger partial charge < -0.3 is 4.74 Å². The van der Waals surface area contributed by atoms with Crippen LogP contribution in [0.4, 0.5) is 0 Å². The van der Waals surface area contributed by atoms with Crippen LogP contribution in [0.15, 0.2) is 48.6 Å². The Morgan fingerprint density at radius 1 is 1.41 bits per heavy atom. The van der Waals surface area contributed by atoms with E-state index >= 15 is 0 Å². The Bertz CT molecular complexity index is 421. The summed E-state index contributed by atoms with van der Waals surface area (Å²) in [7, 11) is 0. The molecule has 1 aromatic rings. The first-order valence-corrected chi connectivity index (χ1v) is 5.80. The van der Waals surface area contributed by atoms with Gasteiger partial charge in [0.15, 0.2) is 0 Å². The van der Waals surface area contributed by atoms with Crippen molar-refractivity contribution in [3.63, 3.8) is 0 Å². The first-order valence-electron chi connectivity index (χ1n) is 5.42. The van der Waals surface area contributed by atoms with Crippen LogP contribution in [-0.4, -0.2) is 12.6 Å². The van der Waals surface area contributed by atoms with Gasteiger partial charge in [0.2, 0.25) is 0 Å². The molecule has 0 aliphatic rings. The lowest BCUT2D eigenvalue weighted by Gasteiger charge is -2.08. The molecule has 0 saturated heterocycles. The Hall–Kier alpha value is -1.54. The van der Waals surface area contributed by atoms with E-state index < -0.39 is 0 Å². The predicted octanol–water partition coefficient (Wildman–Crippen LogP) is 3.78. The summed E-state index contributed by atoms with van der Waals surface area (Å²) in [4.78, 5) is 11.7. The maximum Gasteiger partial charge on any atom is 0.335 e. The molecule has 0 fully saturated rings. The van der Waals surface area contributed by atoms with Crippen molar-refractivity contribution in [2.45, 2.75) is 13.3 Å². The normalized spacial score (nSPS) is 11.6. The van der Waals surface area contributed by atoms with Crippen LogP contribution in [0.5, 0.6) is 0 Å². The molecule has 3 heteroatoms. The predicted molar refractivity (Wildman–Crippen MR) is 70.7 cm³/mol. The van der Waals surface area contributed by atoms with E-state index in [1.807, 2.05) is 30.3 Å². The molecule has 1 aromatic carbocycles. The van der Waals surface area contributed by atoms with Gasteiger partial charge in [0.25, 0.3) is 0 Å². The highest BCUT2D eigenvalue weighted by Crippen LogP contribution is 2.25. The molecule has 1 rings (SSSR count). The molecule has 0 heterocycles. The molecule has 0 spiro atoms. The number of ether oxygens (including phenoxy) is 1. The van der Waals surface area contributed by atoms with Crippen LogP contribution in [0.2, 0.25) is 0 Å². The highest BCUT2D eigenvalue weighted by Gasteiger charge is 2.15. The van der Waals surface area contributed by atoms with Crippen LogP contribution in [0.3, 0.4) is 0 Å². The molecule has 90 valence electrons. The molecule has 0 radical (unpaired) electrons. The number of allylic oxidation sites excluding steroid dienone is 1. The minimum Gasteiger partial charge on any atom is -0.463 e. The summed E-state index contributed by atoms with van der Waals surface area (Å²) in [6.45, 7) is 5.71. The fourth-order valence-corrected chi connectivity index (χ4v) is 1.66. The molecule has 0 N–H and O–H groups in total. The van der Waals surface area contributed by atoms with Gasteiger partial charge in [-0.25, -0.2) is 4.79 Å². The lowest BCUT2D eigenvalue weighted by molar-refractivity contribution is -0.138. The van der Waals surface area contributed by atoms with Crippen molar-refractivity contribution in [2.75, 3.05) is 6.61 Å². The van der Waals surface area contributed by atoms with Crippen LogP contribution >= 0.6 is 11.6 Å². The summed E-state index contributed by atoms with van der Waals surface area (Å²) in [6.07, 6.45) is 2.03. The fourth-order valence-electron chi connectivity index (χ4n) is 1.38. The number of hydrogen-bond donors (Lipinski definition) is 0. The summed E-state index contributed by atoms with van der Waals surface area (Å²) >= 11 is 6.21. The van der Waals surface area contributed by atoms with Crippen LogP contribution in [0.25, 0.3) is 5.03 Å². The second kappa shape index (κ2) is 6.92. The number of hydrogen-bond acceptors (Lipinski definition) is 2. The van der Waals surface area contributed by atoms with Gasteiger partial charge in [-0.1, -0.05) is 48.0 Å². The van der Waals surface area contributed by atoms with Gasteiger partial charge in [0.05, 0.1) is 17.2 Å². The van der Waals surface area contributed by atoms with E-state index in [0.717, 1.165) is 5.56 Å². The van der Waals surface area contributed by atoms with E-state index in [-0.39, 0.29) is 5.97 Å². The van der Waals surface area contributed by atoms with Crippen LogP contribution in [0.1, 0.15) is 18.9 Å². The number of carbonyl (C=O) groups is 1. The minimum atomic E-state index is -0.388. The summed E-state index contributed by atoms with van der Waals surface area (Å²) in [5.74, 6) is -0.388. The molecule has 0 amide bonds. The Balaban J connectivity index is 3.10. The first kappa shape index (κ1) is 13.5. The molecule has 2 nitrogen and oxygen atoms in total. The zero-order valence-corrected chi connectivity index (χ0v) is 10.5. The molecular formula is C14H15ClO2. The highest BCUT2D eigenvalue weighted by atomic mass is 35.5. The Morgan fingerprint density at radius 2 is 2.06 bits per heavy atom. The molecule has 0 atom stereocenters. The van der Waals surface area contributed by atoms with Crippen LogP contribution in [-0.2, 0) is 9.53 Å². The standard InChI is InChI=1S/C14H15ClO2/c1-3-8-12(14(16)17-4-2)13(15)11-9-6-5-7-10-11/h3,5-7,9-10H,1,4,8H2,2H3/b13-12-. The Morgan fingerprint density at radius 3 is 2.59 bits per heavy atom. The molecule has 0 aromatic heterocycles. The summed E-state index contributed by atoms with van der Waals surface area (Å²) in [6, 6.07) is 9.34. The second-order valence-electron chi connectivity index (χ2n) is 3.37. The van der Waals surface area contributed by atoms with E-state index in [4.69, 9.17) is 16.3 Å². The topological polar surface area (TPSA) is 26.3 Å². The van der Waals surface area contributed by atoms with Crippen molar-refractivity contribution >= 4 is 22.6 Å². The lowest BCUT2D eigenvalue weighted by Crippen LogP contribution is -2.08. The van der Waals surface area contributed by atoms with Gasteiger partial charge in [-0.15, -0.1) is 6.58 Å². The zero-order chi connectivity index (χ0) is 12.7. The third-order valence-electron chi connectivity index (χ3n) is 2.16. The van der Waals surface area contributed by atoms with Crippen molar-refractivity contribution < 1.29 is 9.53 Å². The van der Waals surface area contributed by atoms with Crippen LogP contribution in [0, 0.1) is 0 Å². The molecular weight excluding hydrogens is 236 g/mol. The van der Waals surface area contributed by atoms with E-state index in [0.29, 0.717) is 23.6 Å². The van der Waals surface area contributed by atoms with E-state index in [2.05, 4.69) is 6.58 Å². The molecule has 0 aliphatic carbocycles. The van der Waals surface area contributed by atoms with Gasteiger partial charge in [-0.2, -0.15) is 0 Å². The largest absolute Gasteiger partial charge is 0.463 e. The van der Waals surface area contributed by atoms with Gasteiger partial charge >= 0.3 is 5.97 Å². The second-order valence-corrected chi connectivity index (χ2v) is 3.75. The van der Waals surface area contributed by atoms with Gasteiger partial charge in [-0.3, -0.25) is 0 Å². The first-order chi connectivity index (χ1) is 8.20. The van der Waals surface area contributed by atoms with Gasteiger partial charge in [0.1, 0.15) is 0 Å². The Kier molecular flexibility index (Phi) is 5.50. The quantitative estimate of drug-likeness (QED) is 0.452. The van der Waals surface area contributed by atoms with Crippen molar-refractivity contribution in [1.29, 1.82) is 0 Å². The van der Waals surface area contributed by atoms with Crippen molar-refractivity contribution in [3.8, 4) is 0 Å². The maximum atomic E-state index is 11.7. The fraction of sp³-hybridized carbons (Fsp3) is 0.214. The van der Waals surface area contributed by atoms with Crippen molar-refractivity contribution in [2.24, 2.45) is 0 Å². The van der Waals surface area contributed by atoms with Crippen LogP contribution < -0.4 is 0 Å². The zero-order valence-electron chi connectivity index (χ0n) is 9.78. The summed E-state index contributed by atoms with van der Waals surface area (Å²) < 4.78 is 4.97. The molecule has 0 bridgehead atoms. The number of halogens is 1. The maximum absolute atomic E-state index is 11.7. The third-order valence-corrected chi connectivity index (χ3v) is 2.61.